The van der Waals surface area contributed by atoms with Gasteiger partial charge in [-0.2, -0.15) is 0 Å². The molecule has 1 aliphatic rings. The minimum atomic E-state index is -0.933. The fourth-order valence-electron chi connectivity index (χ4n) is 2.91. The van der Waals surface area contributed by atoms with E-state index in [1.807, 2.05) is 6.92 Å². The molecule has 0 radical (unpaired) electrons. The van der Waals surface area contributed by atoms with Crippen LogP contribution in [0.5, 0.6) is 0 Å². The second kappa shape index (κ2) is 7.59. The third-order valence-corrected chi connectivity index (χ3v) is 4.97. The minimum Gasteiger partial charge on any atom is -0.481 e. The van der Waals surface area contributed by atoms with E-state index in [0.29, 0.717) is 23.4 Å². The van der Waals surface area contributed by atoms with Gasteiger partial charge in [0.25, 0.3) is 0 Å². The predicted octanol–water partition coefficient (Wildman–Crippen LogP) is 3.06. The van der Waals surface area contributed by atoms with Gasteiger partial charge in [-0.3, -0.25) is 9.59 Å². The van der Waals surface area contributed by atoms with Gasteiger partial charge in [-0.25, -0.2) is 4.79 Å². The lowest BCUT2D eigenvalue weighted by molar-refractivity contribution is -0.147. The third-order valence-electron chi connectivity index (χ3n) is 4.01. The summed E-state index contributed by atoms with van der Waals surface area (Å²) in [6.07, 6.45) is 2.74. The van der Waals surface area contributed by atoms with Crippen LogP contribution in [0.25, 0.3) is 0 Å². The monoisotopic (exact) mass is 339 g/mol. The number of carboxylic acid groups (broad SMARTS) is 1. The molecule has 0 spiro atoms. The van der Waals surface area contributed by atoms with Crippen molar-refractivity contribution in [2.24, 2.45) is 11.8 Å². The van der Waals surface area contributed by atoms with Crippen molar-refractivity contribution >= 4 is 34.2 Å². The number of esters is 1. The third kappa shape index (κ3) is 4.10. The molecule has 1 heterocycles. The van der Waals surface area contributed by atoms with Crippen molar-refractivity contribution in [2.75, 3.05) is 11.9 Å². The highest BCUT2D eigenvalue weighted by molar-refractivity contribution is 7.16. The highest BCUT2D eigenvalue weighted by atomic mass is 32.1. The maximum atomic E-state index is 12.5. The van der Waals surface area contributed by atoms with Gasteiger partial charge in [0.15, 0.2) is 0 Å². The Morgan fingerprint density at radius 2 is 1.96 bits per heavy atom. The van der Waals surface area contributed by atoms with Crippen LogP contribution in [0.3, 0.4) is 0 Å². The van der Waals surface area contributed by atoms with Gasteiger partial charge in [-0.15, -0.1) is 11.3 Å². The first kappa shape index (κ1) is 17.5. The van der Waals surface area contributed by atoms with Gasteiger partial charge >= 0.3 is 11.9 Å². The van der Waals surface area contributed by atoms with E-state index in [4.69, 9.17) is 4.74 Å². The van der Waals surface area contributed by atoms with Crippen molar-refractivity contribution in [3.63, 3.8) is 0 Å². The van der Waals surface area contributed by atoms with Crippen LogP contribution in [0.15, 0.2) is 6.07 Å². The summed E-state index contributed by atoms with van der Waals surface area (Å²) in [4.78, 5) is 36.7. The molecule has 0 aliphatic heterocycles. The Hall–Kier alpha value is -1.89. The van der Waals surface area contributed by atoms with Gasteiger partial charge in [0.05, 0.1) is 24.0 Å². The molecule has 2 rings (SSSR count). The first-order valence-corrected chi connectivity index (χ1v) is 8.57. The molecule has 1 aromatic heterocycles. The van der Waals surface area contributed by atoms with Crippen molar-refractivity contribution in [3.05, 3.63) is 16.5 Å². The fraction of sp³-hybridized carbons (Fsp3) is 0.562. The molecule has 2 N–H and O–H groups in total. The molecule has 1 aliphatic carbocycles. The number of aliphatic carboxylic acids is 1. The van der Waals surface area contributed by atoms with Crippen molar-refractivity contribution < 1.29 is 24.2 Å². The number of ether oxygens (including phenoxy) is 1. The Kier molecular flexibility index (Phi) is 5.76. The van der Waals surface area contributed by atoms with Crippen LogP contribution in [-0.2, 0) is 14.3 Å². The summed E-state index contributed by atoms with van der Waals surface area (Å²) < 4.78 is 4.99. The maximum Gasteiger partial charge on any atom is 0.341 e. The number of aryl methyl sites for hydroxylation is 1. The molecule has 0 bridgehead atoms. The molecular weight excluding hydrogens is 318 g/mol. The van der Waals surface area contributed by atoms with Crippen molar-refractivity contribution in [1.82, 2.24) is 0 Å². The number of amides is 1. The lowest BCUT2D eigenvalue weighted by Crippen LogP contribution is -2.36. The number of nitrogens with one attached hydrogen (secondary N) is 1. The summed E-state index contributed by atoms with van der Waals surface area (Å²) in [5, 5.41) is 12.5. The number of hydrogen-bond acceptors (Lipinski definition) is 5. The summed E-state index contributed by atoms with van der Waals surface area (Å²) in [6, 6.07) is 1.67. The summed E-state index contributed by atoms with van der Waals surface area (Å²) in [5.74, 6) is -2.96. The van der Waals surface area contributed by atoms with Gasteiger partial charge in [0.2, 0.25) is 5.91 Å². The van der Waals surface area contributed by atoms with Gasteiger partial charge < -0.3 is 15.2 Å². The number of carbonyl (C=O) groups excluding carboxylic acids is 2. The molecule has 0 saturated heterocycles. The number of carbonyl (C=O) groups is 3. The second-order valence-electron chi connectivity index (χ2n) is 5.65. The molecule has 126 valence electrons. The largest absolute Gasteiger partial charge is 0.481 e. The summed E-state index contributed by atoms with van der Waals surface area (Å²) in [5.41, 5.74) is 0.324. The SMILES string of the molecule is CCOC(=O)c1cc(C)sc1NC(=O)[C@H]1CCCC[C@H]1C(=O)O. The quantitative estimate of drug-likeness (QED) is 0.804. The first-order chi connectivity index (χ1) is 10.9. The van der Waals surface area contributed by atoms with Gasteiger partial charge in [0, 0.05) is 4.88 Å². The number of hydrogen-bond donors (Lipinski definition) is 2. The zero-order valence-electron chi connectivity index (χ0n) is 13.3. The topological polar surface area (TPSA) is 92.7 Å². The van der Waals surface area contributed by atoms with Gasteiger partial charge in [0.1, 0.15) is 5.00 Å². The smallest absolute Gasteiger partial charge is 0.341 e. The van der Waals surface area contributed by atoms with Gasteiger partial charge in [-0.1, -0.05) is 12.8 Å². The minimum absolute atomic E-state index is 0.255. The molecule has 1 saturated carbocycles. The molecular formula is C16H21NO5S. The van der Waals surface area contributed by atoms with Crippen LogP contribution in [0.2, 0.25) is 0 Å². The van der Waals surface area contributed by atoms with Crippen molar-refractivity contribution in [1.29, 1.82) is 0 Å². The Bertz CT molecular complexity index is 610. The molecule has 1 fully saturated rings. The van der Waals surface area contributed by atoms with E-state index in [1.165, 1.54) is 11.3 Å². The molecule has 23 heavy (non-hydrogen) atoms. The van der Waals surface area contributed by atoms with Crippen LogP contribution < -0.4 is 5.32 Å². The molecule has 6 nitrogen and oxygen atoms in total. The maximum absolute atomic E-state index is 12.5. The van der Waals surface area contributed by atoms with E-state index in [9.17, 15) is 19.5 Å². The molecule has 1 amide bonds. The van der Waals surface area contributed by atoms with E-state index < -0.39 is 23.8 Å². The molecule has 7 heteroatoms. The second-order valence-corrected chi connectivity index (χ2v) is 6.90. The van der Waals surface area contributed by atoms with Crippen LogP contribution in [0.4, 0.5) is 5.00 Å². The van der Waals surface area contributed by atoms with Crippen LogP contribution in [0, 0.1) is 18.8 Å². The number of anilines is 1. The zero-order valence-corrected chi connectivity index (χ0v) is 14.1. The lowest BCUT2D eigenvalue weighted by atomic mass is 9.79. The standard InChI is InChI=1S/C16H21NO5S/c1-3-22-16(21)12-8-9(2)23-14(12)17-13(18)10-6-4-5-7-11(10)15(19)20/h8,10-11H,3-7H2,1-2H3,(H,17,18)(H,19,20)/t10-,11+/m0/s1. The zero-order chi connectivity index (χ0) is 17.0. The molecule has 1 aromatic rings. The molecule has 2 atom stereocenters. The fourth-order valence-corrected chi connectivity index (χ4v) is 3.82. The van der Waals surface area contributed by atoms with Crippen LogP contribution >= 0.6 is 11.3 Å². The van der Waals surface area contributed by atoms with Crippen LogP contribution in [0.1, 0.15) is 47.8 Å². The summed E-state index contributed by atoms with van der Waals surface area (Å²) in [6.45, 7) is 3.81. The normalized spacial score (nSPS) is 20.8. The molecule has 0 aromatic carbocycles. The number of rotatable bonds is 5. The number of thiophene rings is 1. The van der Waals surface area contributed by atoms with E-state index in [1.54, 1.807) is 13.0 Å². The number of carboxylic acids is 1. The van der Waals surface area contributed by atoms with E-state index >= 15 is 0 Å². The first-order valence-electron chi connectivity index (χ1n) is 7.75. The predicted molar refractivity (Wildman–Crippen MR) is 86.7 cm³/mol. The van der Waals surface area contributed by atoms with E-state index in [-0.39, 0.29) is 12.5 Å². The van der Waals surface area contributed by atoms with Crippen LogP contribution in [-0.4, -0.2) is 29.6 Å². The Morgan fingerprint density at radius 3 is 2.57 bits per heavy atom. The van der Waals surface area contributed by atoms with Crippen molar-refractivity contribution in [3.8, 4) is 0 Å². The van der Waals surface area contributed by atoms with E-state index in [0.717, 1.165) is 17.7 Å². The summed E-state index contributed by atoms with van der Waals surface area (Å²) in [7, 11) is 0. The average molecular weight is 339 g/mol. The lowest BCUT2D eigenvalue weighted by Gasteiger charge is -2.27. The highest BCUT2D eigenvalue weighted by Crippen LogP contribution is 2.33. The molecule has 0 unspecified atom stereocenters. The van der Waals surface area contributed by atoms with Gasteiger partial charge in [-0.05, 0) is 32.8 Å². The Balaban J connectivity index is 2.16. The average Bonchev–Trinajstić information content (AvgIpc) is 2.88. The highest BCUT2D eigenvalue weighted by Gasteiger charge is 2.36. The van der Waals surface area contributed by atoms with Crippen molar-refractivity contribution in [2.45, 2.75) is 39.5 Å². The Morgan fingerprint density at radius 1 is 1.30 bits per heavy atom. The summed E-state index contributed by atoms with van der Waals surface area (Å²) >= 11 is 1.29. The Labute approximate surface area is 138 Å². The van der Waals surface area contributed by atoms with E-state index in [2.05, 4.69) is 5.32 Å².